The van der Waals surface area contributed by atoms with Gasteiger partial charge in [-0.2, -0.15) is 0 Å². The first-order valence-electron chi connectivity index (χ1n) is 9.10. The van der Waals surface area contributed by atoms with Crippen LogP contribution in [0, 0.1) is 0 Å². The van der Waals surface area contributed by atoms with Crippen LogP contribution in [0.2, 0.25) is 0 Å². The molecule has 27 heavy (non-hydrogen) atoms. The lowest BCUT2D eigenvalue weighted by molar-refractivity contribution is 0.0985. The van der Waals surface area contributed by atoms with Crippen molar-refractivity contribution in [3.63, 3.8) is 0 Å². The molecule has 1 atom stereocenters. The van der Waals surface area contributed by atoms with E-state index in [1.165, 1.54) is 0 Å². The minimum atomic E-state index is -0.739. The van der Waals surface area contributed by atoms with Crippen molar-refractivity contribution in [2.75, 3.05) is 10.2 Å². The van der Waals surface area contributed by atoms with Gasteiger partial charge in [-0.15, -0.1) is 0 Å². The molecule has 1 amide bonds. The molecule has 2 aliphatic heterocycles. The van der Waals surface area contributed by atoms with Crippen molar-refractivity contribution in [1.29, 1.82) is 0 Å². The Bertz CT molecular complexity index is 1230. The molecule has 128 valence electrons. The Hall–Kier alpha value is -3.59. The Labute approximate surface area is 156 Å². The molecule has 0 saturated carbocycles. The monoisotopic (exact) mass is 348 g/mol. The molecule has 1 unspecified atom stereocenters. The standard InChI is InChI=1S/C24H16N2O/c27-23-18-12-4-5-13-19(18)24(17-10-2-1-3-11-17)25-20-14-6-8-16-9-7-15-21(22(16)20)26(23)24/h1-15,25H. The van der Waals surface area contributed by atoms with E-state index in [1.54, 1.807) is 0 Å². The summed E-state index contributed by atoms with van der Waals surface area (Å²) < 4.78 is 0. The normalized spacial score (nSPS) is 19.6. The first kappa shape index (κ1) is 14.6. The fourth-order valence-corrected chi connectivity index (χ4v) is 4.63. The molecule has 2 aliphatic rings. The van der Waals surface area contributed by atoms with Gasteiger partial charge in [-0.3, -0.25) is 9.69 Å². The van der Waals surface area contributed by atoms with Gasteiger partial charge in [0.15, 0.2) is 5.66 Å². The fourth-order valence-electron chi connectivity index (χ4n) is 4.63. The lowest BCUT2D eigenvalue weighted by Crippen LogP contribution is -2.52. The third kappa shape index (κ3) is 1.69. The highest BCUT2D eigenvalue weighted by Gasteiger charge is 2.54. The van der Waals surface area contributed by atoms with E-state index in [2.05, 4.69) is 47.8 Å². The zero-order valence-electron chi connectivity index (χ0n) is 14.5. The van der Waals surface area contributed by atoms with Gasteiger partial charge >= 0.3 is 0 Å². The van der Waals surface area contributed by atoms with Crippen molar-refractivity contribution in [2.24, 2.45) is 0 Å². The van der Waals surface area contributed by atoms with Crippen LogP contribution in [0.3, 0.4) is 0 Å². The van der Waals surface area contributed by atoms with Crippen LogP contribution in [0.4, 0.5) is 11.4 Å². The maximum Gasteiger partial charge on any atom is 0.261 e. The number of nitrogens with one attached hydrogen (secondary N) is 1. The minimum Gasteiger partial charge on any atom is -0.354 e. The molecule has 0 spiro atoms. The second kappa shape index (κ2) is 4.98. The molecule has 0 aromatic heterocycles. The largest absolute Gasteiger partial charge is 0.354 e. The third-order valence-electron chi connectivity index (χ3n) is 5.72. The van der Waals surface area contributed by atoms with Gasteiger partial charge in [-0.1, -0.05) is 72.8 Å². The second-order valence-corrected chi connectivity index (χ2v) is 7.07. The number of fused-ring (bicyclic) bond motifs is 4. The highest BCUT2D eigenvalue weighted by atomic mass is 16.2. The Morgan fingerprint density at radius 1 is 0.741 bits per heavy atom. The summed E-state index contributed by atoms with van der Waals surface area (Å²) in [4.78, 5) is 15.5. The van der Waals surface area contributed by atoms with Crippen molar-refractivity contribution in [3.8, 4) is 0 Å². The van der Waals surface area contributed by atoms with Crippen LogP contribution in [0.25, 0.3) is 10.8 Å². The van der Waals surface area contributed by atoms with Crippen LogP contribution in [0.15, 0.2) is 91.0 Å². The van der Waals surface area contributed by atoms with E-state index < -0.39 is 5.66 Å². The minimum absolute atomic E-state index is 0.0314. The molecule has 4 aromatic carbocycles. The first-order valence-corrected chi connectivity index (χ1v) is 9.10. The molecule has 0 aliphatic carbocycles. The number of benzene rings is 4. The molecule has 1 N–H and O–H groups in total. The van der Waals surface area contributed by atoms with Crippen molar-refractivity contribution in [2.45, 2.75) is 5.66 Å². The Kier molecular flexibility index (Phi) is 2.69. The molecule has 3 nitrogen and oxygen atoms in total. The van der Waals surface area contributed by atoms with E-state index in [9.17, 15) is 4.79 Å². The van der Waals surface area contributed by atoms with Crippen LogP contribution in [0.5, 0.6) is 0 Å². The zero-order chi connectivity index (χ0) is 18.0. The number of amides is 1. The number of carbonyl (C=O) groups excluding carboxylic acids is 1. The van der Waals surface area contributed by atoms with Crippen molar-refractivity contribution < 1.29 is 4.79 Å². The van der Waals surface area contributed by atoms with Gasteiger partial charge in [0, 0.05) is 27.8 Å². The first-order chi connectivity index (χ1) is 13.3. The SMILES string of the molecule is O=C1c2ccccc2C2(c3ccccc3)Nc3cccc4cccc(c34)N12. The lowest BCUT2D eigenvalue weighted by Gasteiger charge is -2.45. The highest BCUT2D eigenvalue weighted by Crippen LogP contribution is 2.53. The molecule has 0 saturated heterocycles. The summed E-state index contributed by atoms with van der Waals surface area (Å²) in [7, 11) is 0. The summed E-state index contributed by atoms with van der Waals surface area (Å²) in [6, 6.07) is 30.6. The van der Waals surface area contributed by atoms with Crippen LogP contribution in [-0.4, -0.2) is 5.91 Å². The van der Waals surface area contributed by atoms with E-state index in [0.29, 0.717) is 0 Å². The van der Waals surface area contributed by atoms with Crippen molar-refractivity contribution >= 4 is 28.1 Å². The lowest BCUT2D eigenvalue weighted by atomic mass is 9.87. The van der Waals surface area contributed by atoms with Crippen molar-refractivity contribution in [1.82, 2.24) is 0 Å². The van der Waals surface area contributed by atoms with Crippen LogP contribution >= 0.6 is 0 Å². The maximum atomic E-state index is 13.5. The Balaban J connectivity index is 1.77. The summed E-state index contributed by atoms with van der Waals surface area (Å²) in [6.45, 7) is 0. The molecule has 0 radical (unpaired) electrons. The summed E-state index contributed by atoms with van der Waals surface area (Å²) in [5.74, 6) is 0.0314. The van der Waals surface area contributed by atoms with Gasteiger partial charge in [0.1, 0.15) is 0 Å². The Morgan fingerprint density at radius 2 is 1.48 bits per heavy atom. The molecule has 0 fully saturated rings. The van der Waals surface area contributed by atoms with Crippen LogP contribution in [-0.2, 0) is 5.66 Å². The molecule has 6 rings (SSSR count). The van der Waals surface area contributed by atoms with E-state index in [-0.39, 0.29) is 5.91 Å². The molecular formula is C24H16N2O. The number of carbonyl (C=O) groups is 1. The van der Waals surface area contributed by atoms with Gasteiger partial charge in [0.05, 0.1) is 5.69 Å². The van der Waals surface area contributed by atoms with Crippen LogP contribution in [0.1, 0.15) is 21.5 Å². The quantitative estimate of drug-likeness (QED) is 0.517. The zero-order valence-corrected chi connectivity index (χ0v) is 14.5. The molecular weight excluding hydrogens is 332 g/mol. The molecule has 0 bridgehead atoms. The Morgan fingerprint density at radius 3 is 2.33 bits per heavy atom. The van der Waals surface area contributed by atoms with Crippen LogP contribution < -0.4 is 10.2 Å². The highest BCUT2D eigenvalue weighted by molar-refractivity contribution is 6.20. The summed E-state index contributed by atoms with van der Waals surface area (Å²) in [5.41, 5.74) is 4.05. The van der Waals surface area contributed by atoms with Gasteiger partial charge in [-0.25, -0.2) is 0 Å². The topological polar surface area (TPSA) is 32.3 Å². The predicted octanol–water partition coefficient (Wildman–Crippen LogP) is 5.13. The van der Waals surface area contributed by atoms with E-state index in [0.717, 1.165) is 38.8 Å². The van der Waals surface area contributed by atoms with E-state index in [4.69, 9.17) is 0 Å². The second-order valence-electron chi connectivity index (χ2n) is 7.07. The molecule has 4 aromatic rings. The van der Waals surface area contributed by atoms with Gasteiger partial charge in [0.2, 0.25) is 0 Å². The summed E-state index contributed by atoms with van der Waals surface area (Å²) >= 11 is 0. The van der Waals surface area contributed by atoms with Gasteiger partial charge in [0.25, 0.3) is 5.91 Å². The van der Waals surface area contributed by atoms with Gasteiger partial charge < -0.3 is 5.32 Å². The predicted molar refractivity (Wildman–Crippen MR) is 108 cm³/mol. The average Bonchev–Trinajstić information content (AvgIpc) is 2.99. The van der Waals surface area contributed by atoms with E-state index in [1.807, 2.05) is 53.4 Å². The van der Waals surface area contributed by atoms with Gasteiger partial charge in [-0.05, 0) is 23.6 Å². The third-order valence-corrected chi connectivity index (χ3v) is 5.72. The number of anilines is 2. The summed E-state index contributed by atoms with van der Waals surface area (Å²) in [6.07, 6.45) is 0. The molecule has 2 heterocycles. The average molecular weight is 348 g/mol. The maximum absolute atomic E-state index is 13.5. The van der Waals surface area contributed by atoms with E-state index >= 15 is 0 Å². The number of rotatable bonds is 1. The smallest absolute Gasteiger partial charge is 0.261 e. The van der Waals surface area contributed by atoms with Crippen molar-refractivity contribution in [3.05, 3.63) is 108 Å². The summed E-state index contributed by atoms with van der Waals surface area (Å²) in [5, 5.41) is 5.96. The molecule has 3 heteroatoms. The number of nitrogens with zero attached hydrogens (tertiary/aromatic N) is 1. The number of hydrogen-bond acceptors (Lipinski definition) is 2. The fraction of sp³-hybridized carbons (Fsp3) is 0.0417. The number of hydrogen-bond donors (Lipinski definition) is 1.